The Morgan fingerprint density at radius 3 is 2.19 bits per heavy atom. The van der Waals surface area contributed by atoms with Crippen molar-refractivity contribution in [1.82, 2.24) is 10.1 Å². The average Bonchev–Trinajstić information content (AvgIpc) is 2.97. The summed E-state index contributed by atoms with van der Waals surface area (Å²) >= 11 is 0. The van der Waals surface area contributed by atoms with Gasteiger partial charge in [0.05, 0.1) is 24.3 Å². The first-order valence-electron chi connectivity index (χ1n) is 13.9. The lowest BCUT2D eigenvalue weighted by Crippen LogP contribution is -2.32. The van der Waals surface area contributed by atoms with Crippen molar-refractivity contribution in [2.75, 3.05) is 7.11 Å². The smallest absolute Gasteiger partial charge is 0.242 e. The number of benzene rings is 4. The van der Waals surface area contributed by atoms with E-state index in [1.54, 1.807) is 67.8 Å². The monoisotopic (exact) mass is 599 g/mol. The fourth-order valence-electron chi connectivity index (χ4n) is 4.77. The summed E-state index contributed by atoms with van der Waals surface area (Å²) in [5, 5.41) is 4.08. The van der Waals surface area contributed by atoms with E-state index in [0.717, 1.165) is 11.1 Å². The second-order valence-corrected chi connectivity index (χ2v) is 12.2. The highest BCUT2D eigenvalue weighted by atomic mass is 32.2. The molecule has 0 aliphatic heterocycles. The summed E-state index contributed by atoms with van der Waals surface area (Å²) < 4.78 is 40.4. The minimum Gasteiger partial charge on any atom is -0.493 e. The Morgan fingerprint density at radius 1 is 0.860 bits per heavy atom. The lowest BCUT2D eigenvalue weighted by molar-refractivity contribution is -0.121. The number of carbonyl (C=O) groups is 1. The molecule has 4 aromatic carbocycles. The lowest BCUT2D eigenvalue weighted by Gasteiger charge is -2.18. The molecule has 8 nitrogen and oxygen atoms in total. The van der Waals surface area contributed by atoms with E-state index in [-0.39, 0.29) is 11.3 Å². The van der Waals surface area contributed by atoms with Crippen LogP contribution in [0.15, 0.2) is 94.9 Å². The molecule has 0 saturated carbocycles. The fraction of sp³-hybridized carbons (Fsp3) is 0.235. The second kappa shape index (κ2) is 14.1. The summed E-state index contributed by atoms with van der Waals surface area (Å²) in [6.45, 7) is 8.52. The molecule has 1 amide bonds. The van der Waals surface area contributed by atoms with Crippen LogP contribution >= 0.6 is 0 Å². The highest BCUT2D eigenvalue weighted by Crippen LogP contribution is 2.29. The summed E-state index contributed by atoms with van der Waals surface area (Å²) in [7, 11) is -2.30. The third-order valence-electron chi connectivity index (χ3n) is 7.02. The summed E-state index contributed by atoms with van der Waals surface area (Å²) in [5.41, 5.74) is 9.50. The molecule has 0 saturated heterocycles. The molecule has 4 aromatic rings. The Morgan fingerprint density at radius 2 is 1.53 bits per heavy atom. The third-order valence-corrected chi connectivity index (χ3v) is 8.51. The first-order valence-corrected chi connectivity index (χ1v) is 15.4. The van der Waals surface area contributed by atoms with E-state index in [1.807, 2.05) is 19.1 Å². The number of carbonyl (C=O) groups excluding carboxylic acids is 1. The number of nitrogens with one attached hydrogen (secondary N) is 2. The van der Waals surface area contributed by atoms with Crippen molar-refractivity contribution in [3.8, 4) is 11.5 Å². The number of hydrogen-bond donors (Lipinski definition) is 2. The van der Waals surface area contributed by atoms with Crippen LogP contribution in [0.25, 0.3) is 0 Å². The van der Waals surface area contributed by atoms with Crippen LogP contribution in [0.3, 0.4) is 0 Å². The van der Waals surface area contributed by atoms with Gasteiger partial charge in [0.15, 0.2) is 11.5 Å². The highest BCUT2D eigenvalue weighted by Gasteiger charge is 2.23. The summed E-state index contributed by atoms with van der Waals surface area (Å²) in [4.78, 5) is 13.0. The zero-order valence-corrected chi connectivity index (χ0v) is 25.9. The van der Waals surface area contributed by atoms with E-state index in [2.05, 4.69) is 48.2 Å². The molecule has 0 aliphatic carbocycles. The zero-order valence-electron chi connectivity index (χ0n) is 25.0. The zero-order chi connectivity index (χ0) is 31.0. The predicted molar refractivity (Wildman–Crippen MR) is 169 cm³/mol. The van der Waals surface area contributed by atoms with Crippen LogP contribution in [0.5, 0.6) is 11.5 Å². The van der Waals surface area contributed by atoms with Gasteiger partial charge in [-0.15, -0.1) is 0 Å². The van der Waals surface area contributed by atoms with Crippen molar-refractivity contribution in [2.24, 2.45) is 5.10 Å². The second-order valence-electron chi connectivity index (χ2n) is 10.5. The molecule has 0 aliphatic rings. The number of hydrazone groups is 1. The predicted octanol–water partition coefficient (Wildman–Crippen LogP) is 6.07. The first kappa shape index (κ1) is 31.5. The topological polar surface area (TPSA) is 106 Å². The Bertz CT molecular complexity index is 1680. The Hall–Kier alpha value is -4.47. The number of ether oxygens (including phenoxy) is 2. The molecular formula is C34H37N3O5S. The van der Waals surface area contributed by atoms with Crippen LogP contribution in [-0.4, -0.2) is 27.6 Å². The van der Waals surface area contributed by atoms with Crippen molar-refractivity contribution in [3.05, 3.63) is 124 Å². The summed E-state index contributed by atoms with van der Waals surface area (Å²) in [6, 6.07) is 24.4. The maximum atomic E-state index is 13.1. The van der Waals surface area contributed by atoms with Crippen LogP contribution in [0.1, 0.15) is 51.4 Å². The molecule has 1 atom stereocenters. The number of aryl methyl sites for hydroxylation is 4. The first-order chi connectivity index (χ1) is 20.6. The van der Waals surface area contributed by atoms with Gasteiger partial charge >= 0.3 is 0 Å². The van der Waals surface area contributed by atoms with E-state index >= 15 is 0 Å². The number of nitrogens with zero attached hydrogens (tertiary/aromatic N) is 1. The van der Waals surface area contributed by atoms with Gasteiger partial charge in [-0.25, -0.2) is 18.6 Å². The van der Waals surface area contributed by atoms with Gasteiger partial charge in [0.1, 0.15) is 6.61 Å². The number of amides is 1. The maximum absolute atomic E-state index is 13.1. The van der Waals surface area contributed by atoms with Gasteiger partial charge in [0.25, 0.3) is 0 Å². The standard InChI is InChI=1S/C34H37N3O5S/c1-23-11-14-29(15-12-23)43(39,40)37-31(28-9-7-6-8-10-28)20-34(38)36-35-21-27-13-16-32(33(19-27)41-5)42-22-30-25(3)17-24(2)18-26(30)4/h6-19,21,31,37H,20,22H2,1-5H3,(H,36,38)/b35-21-/t31-/m1/s1. The lowest BCUT2D eigenvalue weighted by atomic mass is 10.0. The molecule has 0 bridgehead atoms. The molecule has 9 heteroatoms. The van der Waals surface area contributed by atoms with Gasteiger partial charge < -0.3 is 9.47 Å². The van der Waals surface area contributed by atoms with Crippen LogP contribution in [0.4, 0.5) is 0 Å². The largest absolute Gasteiger partial charge is 0.493 e. The van der Waals surface area contributed by atoms with Crippen molar-refractivity contribution in [3.63, 3.8) is 0 Å². The molecule has 4 rings (SSSR count). The van der Waals surface area contributed by atoms with E-state index in [1.165, 1.54) is 22.9 Å². The molecule has 0 unspecified atom stereocenters. The summed E-state index contributed by atoms with van der Waals surface area (Å²) in [6.07, 6.45) is 1.34. The SMILES string of the molecule is COc1cc(/C=N\NC(=O)C[C@@H](NS(=O)(=O)c2ccc(C)cc2)c2ccccc2)ccc1OCc1c(C)cc(C)cc1C. The van der Waals surface area contributed by atoms with Crippen molar-refractivity contribution < 1.29 is 22.7 Å². The molecule has 0 heterocycles. The van der Waals surface area contributed by atoms with E-state index in [0.29, 0.717) is 29.2 Å². The maximum Gasteiger partial charge on any atom is 0.242 e. The number of rotatable bonds is 12. The van der Waals surface area contributed by atoms with Gasteiger partial charge in [-0.1, -0.05) is 65.7 Å². The number of sulfonamides is 1. The number of methoxy groups -OCH3 is 1. The van der Waals surface area contributed by atoms with Gasteiger partial charge in [-0.05, 0) is 85.8 Å². The fourth-order valence-corrected chi connectivity index (χ4v) is 5.99. The van der Waals surface area contributed by atoms with Gasteiger partial charge in [0.2, 0.25) is 15.9 Å². The van der Waals surface area contributed by atoms with E-state index in [9.17, 15) is 13.2 Å². The normalized spacial score (nSPS) is 12.2. The van der Waals surface area contributed by atoms with Crippen LogP contribution in [-0.2, 0) is 21.4 Å². The minimum absolute atomic E-state index is 0.128. The van der Waals surface area contributed by atoms with Gasteiger partial charge in [-0.3, -0.25) is 4.79 Å². The van der Waals surface area contributed by atoms with Crippen molar-refractivity contribution in [1.29, 1.82) is 0 Å². The summed E-state index contributed by atoms with van der Waals surface area (Å²) in [5.74, 6) is 0.675. The van der Waals surface area contributed by atoms with Crippen molar-refractivity contribution >= 4 is 22.1 Å². The Labute approximate surface area is 253 Å². The third kappa shape index (κ3) is 8.53. The molecular weight excluding hydrogens is 562 g/mol. The molecule has 43 heavy (non-hydrogen) atoms. The Balaban J connectivity index is 1.41. The van der Waals surface area contributed by atoms with E-state index < -0.39 is 22.0 Å². The van der Waals surface area contributed by atoms with Crippen molar-refractivity contribution in [2.45, 2.75) is 51.7 Å². The van der Waals surface area contributed by atoms with Gasteiger partial charge in [0, 0.05) is 6.42 Å². The molecule has 0 spiro atoms. The molecule has 224 valence electrons. The quantitative estimate of drug-likeness (QED) is 0.152. The highest BCUT2D eigenvalue weighted by molar-refractivity contribution is 7.89. The minimum atomic E-state index is -3.87. The van der Waals surface area contributed by atoms with E-state index in [4.69, 9.17) is 9.47 Å². The molecule has 0 radical (unpaired) electrons. The molecule has 2 N–H and O–H groups in total. The van der Waals surface area contributed by atoms with Crippen LogP contribution < -0.4 is 19.6 Å². The van der Waals surface area contributed by atoms with Crippen LogP contribution in [0, 0.1) is 27.7 Å². The molecule has 0 aromatic heterocycles. The average molecular weight is 600 g/mol. The van der Waals surface area contributed by atoms with Gasteiger partial charge in [-0.2, -0.15) is 5.10 Å². The molecule has 0 fully saturated rings. The Kier molecular flexibility index (Phi) is 10.3. The number of hydrogen-bond acceptors (Lipinski definition) is 6. The van der Waals surface area contributed by atoms with Crippen LogP contribution in [0.2, 0.25) is 0 Å².